The summed E-state index contributed by atoms with van der Waals surface area (Å²) >= 11 is 0. The smallest absolute Gasteiger partial charge is 0.0319 e. The van der Waals surface area contributed by atoms with Crippen molar-refractivity contribution >= 4 is 24.8 Å². The van der Waals surface area contributed by atoms with Gasteiger partial charge in [0.15, 0.2) is 0 Å². The molecule has 0 heterocycles. The Bertz CT molecular complexity index is 9.61. The van der Waals surface area contributed by atoms with Crippen LogP contribution in [0, 0.1) is 0 Å². The Hall–Kier alpha value is 1.16. The molecular weight excluding hydrogens is 164 g/mol. The van der Waals surface area contributed by atoms with Crippen LogP contribution in [0.5, 0.6) is 0 Å². The zero-order valence-electron chi connectivity index (χ0n) is 2.97. The van der Waals surface area contributed by atoms with Crippen LogP contribution in [0.2, 0.25) is 0 Å². The molecule has 0 unspecified atom stereocenters. The van der Waals surface area contributed by atoms with Crippen LogP contribution in [-0.2, 0) is 19.5 Å². The maximum atomic E-state index is 7.00. The van der Waals surface area contributed by atoms with E-state index in [1.165, 1.54) is 0 Å². The number of rotatable bonds is 0. The van der Waals surface area contributed by atoms with Crippen LogP contribution in [0.25, 0.3) is 0 Å². The average Bonchev–Trinajstić information content (AvgIpc) is 1.00. The summed E-state index contributed by atoms with van der Waals surface area (Å²) in [6.07, 6.45) is 0. The van der Waals surface area contributed by atoms with Crippen molar-refractivity contribution in [1.82, 2.24) is 0 Å². The fraction of sp³-hybridized carbons (Fsp3) is 1.00. The Kier molecular flexibility index (Phi) is 464. The van der Waals surface area contributed by atoms with Gasteiger partial charge >= 0.3 is 0 Å². The minimum atomic E-state index is 0. The normalized spacial score (nSPS) is 1.20. The van der Waals surface area contributed by atoms with E-state index in [1.807, 2.05) is 0 Å². The molecule has 1 N–H and O–H groups in total. The van der Waals surface area contributed by atoms with Gasteiger partial charge in [-0.1, -0.05) is 0 Å². The van der Waals surface area contributed by atoms with Crippen LogP contribution in [0.15, 0.2) is 0 Å². The molecular formula is CH6Cl2OZn. The van der Waals surface area contributed by atoms with E-state index in [4.69, 9.17) is 5.11 Å². The number of aliphatic hydroxyl groups excluding tert-OH is 1. The standard InChI is InChI=1S/CH4O.2ClH.Zn/c1-2;;;/h2H,1H3;2*1H;. The van der Waals surface area contributed by atoms with Gasteiger partial charge in [-0.2, -0.15) is 0 Å². The van der Waals surface area contributed by atoms with Crippen LogP contribution in [0.4, 0.5) is 0 Å². The molecule has 0 aliphatic carbocycles. The number of hydrogen-bond acceptors (Lipinski definition) is 1. The van der Waals surface area contributed by atoms with Crippen molar-refractivity contribution in [2.75, 3.05) is 7.11 Å². The first-order valence-corrected chi connectivity index (χ1v) is 0.447. The second-order valence-electron chi connectivity index (χ2n) is 0. The van der Waals surface area contributed by atoms with Crippen molar-refractivity contribution in [3.63, 3.8) is 0 Å². The third-order valence-corrected chi connectivity index (χ3v) is 0. The fourth-order valence-corrected chi connectivity index (χ4v) is 0. The number of aliphatic hydroxyl groups is 1. The SMILES string of the molecule is CO.Cl.Cl.[Zn]. The molecule has 5 heavy (non-hydrogen) atoms. The van der Waals surface area contributed by atoms with Crippen LogP contribution < -0.4 is 0 Å². The van der Waals surface area contributed by atoms with Gasteiger partial charge < -0.3 is 5.11 Å². The Labute approximate surface area is 56.7 Å². The number of hydrogen-bond donors (Lipinski definition) is 1. The molecule has 0 atom stereocenters. The van der Waals surface area contributed by atoms with E-state index < -0.39 is 0 Å². The predicted molar refractivity (Wildman–Crippen MR) is 22.6 cm³/mol. The summed E-state index contributed by atoms with van der Waals surface area (Å²) in [5.74, 6) is 0. The largest absolute Gasteiger partial charge is 0.400 e. The van der Waals surface area contributed by atoms with Gasteiger partial charge in [0.25, 0.3) is 0 Å². The summed E-state index contributed by atoms with van der Waals surface area (Å²) < 4.78 is 0. The van der Waals surface area contributed by atoms with E-state index in [-0.39, 0.29) is 44.3 Å². The molecule has 0 aliphatic heterocycles. The third-order valence-electron chi connectivity index (χ3n) is 0. The monoisotopic (exact) mass is 168 g/mol. The number of halogens is 2. The first kappa shape index (κ1) is 35.1. The third kappa shape index (κ3) is 38.2. The minimum Gasteiger partial charge on any atom is -0.400 e. The van der Waals surface area contributed by atoms with Gasteiger partial charge in [0, 0.05) is 26.6 Å². The van der Waals surface area contributed by atoms with Crippen LogP contribution in [0.3, 0.4) is 0 Å². The summed E-state index contributed by atoms with van der Waals surface area (Å²) in [5.41, 5.74) is 0. The van der Waals surface area contributed by atoms with Crippen molar-refractivity contribution in [2.24, 2.45) is 0 Å². The van der Waals surface area contributed by atoms with Crippen molar-refractivity contribution in [1.29, 1.82) is 0 Å². The summed E-state index contributed by atoms with van der Waals surface area (Å²) in [6, 6.07) is 0. The van der Waals surface area contributed by atoms with E-state index >= 15 is 0 Å². The molecule has 0 bridgehead atoms. The van der Waals surface area contributed by atoms with E-state index in [9.17, 15) is 0 Å². The molecule has 0 saturated heterocycles. The van der Waals surface area contributed by atoms with Crippen molar-refractivity contribution in [3.8, 4) is 0 Å². The second kappa shape index (κ2) is 66.1. The summed E-state index contributed by atoms with van der Waals surface area (Å²) in [7, 11) is 1.00. The zero-order valence-corrected chi connectivity index (χ0v) is 7.57. The molecule has 0 aromatic carbocycles. The van der Waals surface area contributed by atoms with Crippen LogP contribution >= 0.6 is 24.8 Å². The molecule has 0 saturated carbocycles. The Balaban J connectivity index is -0.00000000167. The summed E-state index contributed by atoms with van der Waals surface area (Å²) in [5, 5.41) is 7.00. The fourth-order valence-electron chi connectivity index (χ4n) is 0. The molecule has 32 valence electrons. The molecule has 1 nitrogen and oxygen atoms in total. The van der Waals surface area contributed by atoms with Gasteiger partial charge in [-0.05, 0) is 0 Å². The maximum Gasteiger partial charge on any atom is 0.0319 e. The van der Waals surface area contributed by atoms with Gasteiger partial charge in [0.1, 0.15) is 0 Å². The molecule has 0 aromatic rings. The van der Waals surface area contributed by atoms with E-state index in [1.54, 1.807) is 0 Å². The van der Waals surface area contributed by atoms with Crippen molar-refractivity contribution in [2.45, 2.75) is 0 Å². The molecule has 0 rings (SSSR count). The zero-order chi connectivity index (χ0) is 2.00. The van der Waals surface area contributed by atoms with Gasteiger partial charge in [-0.25, -0.2) is 0 Å². The van der Waals surface area contributed by atoms with Gasteiger partial charge in [0.05, 0.1) is 0 Å². The molecule has 0 fully saturated rings. The van der Waals surface area contributed by atoms with Gasteiger partial charge in [-0.15, -0.1) is 24.8 Å². The first-order valence-electron chi connectivity index (χ1n) is 0.447. The van der Waals surface area contributed by atoms with E-state index in [0.29, 0.717) is 0 Å². The van der Waals surface area contributed by atoms with Gasteiger partial charge in [-0.3, -0.25) is 0 Å². The molecule has 4 heteroatoms. The maximum absolute atomic E-state index is 7.00. The summed E-state index contributed by atoms with van der Waals surface area (Å²) in [6.45, 7) is 0. The first-order chi connectivity index (χ1) is 1.00. The van der Waals surface area contributed by atoms with Crippen molar-refractivity contribution in [3.05, 3.63) is 0 Å². The van der Waals surface area contributed by atoms with E-state index in [0.717, 1.165) is 7.11 Å². The quantitative estimate of drug-likeness (QED) is 0.523. The minimum absolute atomic E-state index is 0. The van der Waals surface area contributed by atoms with E-state index in [2.05, 4.69) is 0 Å². The topological polar surface area (TPSA) is 20.2 Å². The van der Waals surface area contributed by atoms with Crippen molar-refractivity contribution < 1.29 is 24.6 Å². The molecule has 0 spiro atoms. The summed E-state index contributed by atoms with van der Waals surface area (Å²) in [4.78, 5) is 0. The Morgan fingerprint density at radius 3 is 1.00 bits per heavy atom. The average molecular weight is 170 g/mol. The van der Waals surface area contributed by atoms with Gasteiger partial charge in [0.2, 0.25) is 0 Å². The molecule has 0 aromatic heterocycles. The molecule has 0 aliphatic rings. The predicted octanol–water partition coefficient (Wildman–Crippen LogP) is 0.450. The van der Waals surface area contributed by atoms with Crippen LogP contribution in [-0.4, -0.2) is 12.2 Å². The Morgan fingerprint density at radius 2 is 1.00 bits per heavy atom. The van der Waals surface area contributed by atoms with Crippen LogP contribution in [0.1, 0.15) is 0 Å². The Morgan fingerprint density at radius 1 is 1.00 bits per heavy atom. The molecule has 0 radical (unpaired) electrons. The second-order valence-corrected chi connectivity index (χ2v) is 0. The molecule has 0 amide bonds.